The van der Waals surface area contributed by atoms with Crippen molar-refractivity contribution in [2.24, 2.45) is 5.16 Å². The topological polar surface area (TPSA) is 35.8 Å². The molecule has 2 aromatic carbocycles. The molecule has 0 atom stereocenters. The number of hydrogen-bond donors (Lipinski definition) is 0. The van der Waals surface area contributed by atoms with E-state index < -0.39 is 0 Å². The van der Waals surface area contributed by atoms with Crippen LogP contribution in [0.5, 0.6) is 5.75 Å². The Labute approximate surface area is 160 Å². The first-order chi connectivity index (χ1) is 13.2. The summed E-state index contributed by atoms with van der Waals surface area (Å²) in [4.78, 5) is 5.29. The summed E-state index contributed by atoms with van der Waals surface area (Å²) in [6.45, 7) is 8.10. The molecule has 0 amide bonds. The van der Waals surface area contributed by atoms with Crippen molar-refractivity contribution in [1.29, 1.82) is 0 Å². The highest BCUT2D eigenvalue weighted by Crippen LogP contribution is 2.31. The largest absolute Gasteiger partial charge is 0.497 e. The van der Waals surface area contributed by atoms with Gasteiger partial charge >= 0.3 is 0 Å². The molecule has 1 aromatic heterocycles. The second kappa shape index (κ2) is 8.41. The molecule has 3 rings (SSSR count). The van der Waals surface area contributed by atoms with Gasteiger partial charge in [-0.15, -0.1) is 0 Å². The van der Waals surface area contributed by atoms with Crippen LogP contribution in [0.1, 0.15) is 18.2 Å². The Morgan fingerprint density at radius 3 is 2.44 bits per heavy atom. The lowest BCUT2D eigenvalue weighted by Crippen LogP contribution is -2.02. The van der Waals surface area contributed by atoms with E-state index in [1.54, 1.807) is 13.2 Å². The van der Waals surface area contributed by atoms with Crippen LogP contribution in [0.4, 0.5) is 0 Å². The fraction of sp³-hybridized carbons (Fsp3) is 0.174. The quantitative estimate of drug-likeness (QED) is 0.245. The molecule has 4 heteroatoms. The van der Waals surface area contributed by atoms with Crippen LogP contribution in [0.3, 0.4) is 0 Å². The monoisotopic (exact) mass is 360 g/mol. The SMILES string of the molecule is C=CCON=C(C)c1cc(-c2ccc(OC)cc2)n(-c2ccccc2)c1C. The minimum absolute atomic E-state index is 0.390. The third-order valence-electron chi connectivity index (χ3n) is 4.43. The van der Waals surface area contributed by atoms with Crippen LogP contribution in [0.2, 0.25) is 0 Å². The van der Waals surface area contributed by atoms with Gasteiger partial charge in [0.05, 0.1) is 18.5 Å². The maximum atomic E-state index is 5.29. The lowest BCUT2D eigenvalue weighted by molar-refractivity contribution is 0.175. The number of para-hydroxylation sites is 1. The second-order valence-corrected chi connectivity index (χ2v) is 6.19. The van der Waals surface area contributed by atoms with E-state index in [1.807, 2.05) is 37.3 Å². The number of methoxy groups -OCH3 is 1. The van der Waals surface area contributed by atoms with E-state index in [4.69, 9.17) is 9.57 Å². The molecular formula is C23H24N2O2. The summed E-state index contributed by atoms with van der Waals surface area (Å²) in [6, 6.07) is 20.5. The van der Waals surface area contributed by atoms with Crippen molar-refractivity contribution in [3.8, 4) is 22.7 Å². The molecule has 0 aliphatic rings. The molecule has 0 saturated heterocycles. The summed E-state index contributed by atoms with van der Waals surface area (Å²) >= 11 is 0. The minimum atomic E-state index is 0.390. The van der Waals surface area contributed by atoms with Crippen LogP contribution in [-0.4, -0.2) is 24.0 Å². The number of aromatic nitrogens is 1. The smallest absolute Gasteiger partial charge is 0.135 e. The Kier molecular flexibility index (Phi) is 5.77. The highest BCUT2D eigenvalue weighted by molar-refractivity contribution is 6.01. The molecule has 0 unspecified atom stereocenters. The van der Waals surface area contributed by atoms with Gasteiger partial charge in [-0.05, 0) is 61.9 Å². The molecule has 0 bridgehead atoms. The Hall–Kier alpha value is -3.27. The molecule has 0 aliphatic carbocycles. The van der Waals surface area contributed by atoms with Crippen LogP contribution in [0.25, 0.3) is 16.9 Å². The molecule has 0 spiro atoms. The molecule has 27 heavy (non-hydrogen) atoms. The van der Waals surface area contributed by atoms with Gasteiger partial charge in [-0.3, -0.25) is 0 Å². The molecule has 3 aromatic rings. The first kappa shape index (κ1) is 18.5. The normalized spacial score (nSPS) is 11.3. The van der Waals surface area contributed by atoms with E-state index in [1.165, 1.54) is 0 Å². The standard InChI is InChI=1S/C23H24N2O2/c1-5-15-27-24-17(2)22-16-23(19-11-13-21(26-4)14-12-19)25(18(22)3)20-9-7-6-8-10-20/h5-14,16H,1,15H2,2-4H3. The molecular weight excluding hydrogens is 336 g/mol. The number of nitrogens with zero attached hydrogens (tertiary/aromatic N) is 2. The zero-order valence-corrected chi connectivity index (χ0v) is 16.0. The van der Waals surface area contributed by atoms with Gasteiger partial charge in [-0.1, -0.05) is 36.0 Å². The van der Waals surface area contributed by atoms with E-state index in [0.29, 0.717) is 6.61 Å². The highest BCUT2D eigenvalue weighted by Gasteiger charge is 2.17. The van der Waals surface area contributed by atoms with E-state index in [2.05, 4.69) is 53.6 Å². The summed E-state index contributed by atoms with van der Waals surface area (Å²) in [5.74, 6) is 0.837. The lowest BCUT2D eigenvalue weighted by atomic mass is 10.1. The van der Waals surface area contributed by atoms with Gasteiger partial charge in [-0.25, -0.2) is 0 Å². The fourth-order valence-electron chi connectivity index (χ4n) is 3.09. The third-order valence-corrected chi connectivity index (χ3v) is 4.43. The zero-order chi connectivity index (χ0) is 19.2. The van der Waals surface area contributed by atoms with Crippen molar-refractivity contribution in [1.82, 2.24) is 4.57 Å². The first-order valence-corrected chi connectivity index (χ1v) is 8.85. The Bertz CT molecular complexity index is 939. The average Bonchev–Trinajstić information content (AvgIpc) is 3.06. The van der Waals surface area contributed by atoms with E-state index in [0.717, 1.165) is 39.7 Å². The maximum Gasteiger partial charge on any atom is 0.135 e. The van der Waals surface area contributed by atoms with Gasteiger partial charge in [-0.2, -0.15) is 0 Å². The number of hydrogen-bond acceptors (Lipinski definition) is 3. The van der Waals surface area contributed by atoms with Gasteiger partial charge in [0.2, 0.25) is 0 Å². The molecule has 1 heterocycles. The highest BCUT2D eigenvalue weighted by atomic mass is 16.6. The number of rotatable bonds is 7. The van der Waals surface area contributed by atoms with Gasteiger partial charge in [0.15, 0.2) is 0 Å². The Morgan fingerprint density at radius 1 is 1.11 bits per heavy atom. The Morgan fingerprint density at radius 2 is 1.81 bits per heavy atom. The second-order valence-electron chi connectivity index (χ2n) is 6.19. The Balaban J connectivity index is 2.14. The van der Waals surface area contributed by atoms with Gasteiger partial charge in [0, 0.05) is 16.9 Å². The molecule has 0 aliphatic heterocycles. The van der Waals surface area contributed by atoms with Crippen molar-refractivity contribution >= 4 is 5.71 Å². The lowest BCUT2D eigenvalue weighted by Gasteiger charge is -2.12. The van der Waals surface area contributed by atoms with Gasteiger partial charge < -0.3 is 14.1 Å². The summed E-state index contributed by atoms with van der Waals surface area (Å²) in [7, 11) is 1.67. The summed E-state index contributed by atoms with van der Waals surface area (Å²) in [6.07, 6.45) is 1.68. The van der Waals surface area contributed by atoms with Crippen LogP contribution in [0.15, 0.2) is 78.5 Å². The van der Waals surface area contributed by atoms with Crippen LogP contribution in [0, 0.1) is 6.92 Å². The summed E-state index contributed by atoms with van der Waals surface area (Å²) in [5.41, 5.74) is 6.29. The fourth-order valence-corrected chi connectivity index (χ4v) is 3.09. The van der Waals surface area contributed by atoms with Crippen LogP contribution in [-0.2, 0) is 4.84 Å². The van der Waals surface area contributed by atoms with E-state index >= 15 is 0 Å². The molecule has 0 radical (unpaired) electrons. The van der Waals surface area contributed by atoms with E-state index in [9.17, 15) is 0 Å². The molecule has 0 saturated carbocycles. The zero-order valence-electron chi connectivity index (χ0n) is 16.0. The minimum Gasteiger partial charge on any atom is -0.497 e. The summed E-state index contributed by atoms with van der Waals surface area (Å²) in [5, 5.41) is 4.23. The predicted octanol–water partition coefficient (Wildman–Crippen LogP) is 5.39. The van der Waals surface area contributed by atoms with Gasteiger partial charge in [0.1, 0.15) is 12.4 Å². The molecule has 138 valence electrons. The number of benzene rings is 2. The maximum absolute atomic E-state index is 5.29. The number of ether oxygens (including phenoxy) is 1. The van der Waals surface area contributed by atoms with Gasteiger partial charge in [0.25, 0.3) is 0 Å². The summed E-state index contributed by atoms with van der Waals surface area (Å²) < 4.78 is 7.53. The molecule has 4 nitrogen and oxygen atoms in total. The van der Waals surface area contributed by atoms with Crippen molar-refractivity contribution in [2.75, 3.05) is 13.7 Å². The third kappa shape index (κ3) is 3.95. The molecule has 0 fully saturated rings. The van der Waals surface area contributed by atoms with Crippen molar-refractivity contribution in [3.05, 3.63) is 84.6 Å². The average molecular weight is 360 g/mol. The van der Waals surface area contributed by atoms with E-state index in [-0.39, 0.29) is 0 Å². The van der Waals surface area contributed by atoms with Crippen molar-refractivity contribution in [2.45, 2.75) is 13.8 Å². The molecule has 0 N–H and O–H groups in total. The van der Waals surface area contributed by atoms with Crippen molar-refractivity contribution in [3.63, 3.8) is 0 Å². The van der Waals surface area contributed by atoms with Crippen LogP contribution < -0.4 is 4.74 Å². The van der Waals surface area contributed by atoms with Crippen LogP contribution >= 0.6 is 0 Å². The first-order valence-electron chi connectivity index (χ1n) is 8.85. The predicted molar refractivity (Wildman–Crippen MR) is 111 cm³/mol. The number of oxime groups is 1. The van der Waals surface area contributed by atoms with Crippen molar-refractivity contribution < 1.29 is 9.57 Å².